The first kappa shape index (κ1) is 17.7. The van der Waals surface area contributed by atoms with Crippen LogP contribution in [0.5, 0.6) is 0 Å². The van der Waals surface area contributed by atoms with Crippen LogP contribution in [-0.4, -0.2) is 49.8 Å². The van der Waals surface area contributed by atoms with Crippen molar-refractivity contribution in [3.05, 3.63) is 29.8 Å². The fraction of sp³-hybridized carbons (Fsp3) is 0.500. The van der Waals surface area contributed by atoms with E-state index in [1.54, 1.807) is 11.8 Å². The minimum Gasteiger partial charge on any atom is -0.286 e. The summed E-state index contributed by atoms with van der Waals surface area (Å²) in [5.74, 6) is 0. The molecule has 5 nitrogen and oxygen atoms in total. The van der Waals surface area contributed by atoms with E-state index >= 15 is 0 Å². The lowest BCUT2D eigenvalue weighted by Crippen LogP contribution is -2.51. The van der Waals surface area contributed by atoms with E-state index in [0.717, 1.165) is 22.5 Å². The lowest BCUT2D eigenvalue weighted by molar-refractivity contribution is -0.139. The molecular weight excluding hydrogens is 331 g/mol. The van der Waals surface area contributed by atoms with Crippen molar-refractivity contribution >= 4 is 10.0 Å². The van der Waals surface area contributed by atoms with Crippen molar-refractivity contribution < 1.29 is 21.6 Å². The van der Waals surface area contributed by atoms with Crippen LogP contribution in [0.4, 0.5) is 13.2 Å². The summed E-state index contributed by atoms with van der Waals surface area (Å²) in [5.41, 5.74) is -1.16. The molecule has 9 heteroatoms. The molecule has 1 saturated heterocycles. The topological polar surface area (TPSA) is 64.4 Å². The maximum Gasteiger partial charge on any atom is 0.417 e. The molecule has 0 amide bonds. The second-order valence-corrected chi connectivity index (χ2v) is 7.15. The third-order valence-corrected chi connectivity index (χ3v) is 5.77. The Morgan fingerprint density at radius 3 is 2.26 bits per heavy atom. The van der Waals surface area contributed by atoms with Crippen LogP contribution in [0.2, 0.25) is 0 Å². The first-order chi connectivity index (χ1) is 10.7. The Bertz CT molecular complexity index is 705. The molecule has 0 N–H and O–H groups in total. The van der Waals surface area contributed by atoms with E-state index in [1.807, 2.05) is 0 Å². The predicted octanol–water partition coefficient (Wildman–Crippen LogP) is 1.92. The maximum absolute atomic E-state index is 13.0. The number of alkyl halides is 3. The zero-order chi connectivity index (χ0) is 17.3. The molecule has 1 atom stereocenters. The Balaban J connectivity index is 2.27. The van der Waals surface area contributed by atoms with Gasteiger partial charge in [-0.25, -0.2) is 8.42 Å². The van der Waals surface area contributed by atoms with Crippen LogP contribution in [0, 0.1) is 11.3 Å². The van der Waals surface area contributed by atoms with Gasteiger partial charge in [-0.05, 0) is 19.1 Å². The quantitative estimate of drug-likeness (QED) is 0.838. The van der Waals surface area contributed by atoms with Gasteiger partial charge in [-0.15, -0.1) is 0 Å². The highest BCUT2D eigenvalue weighted by Crippen LogP contribution is 2.35. The lowest BCUT2D eigenvalue weighted by atomic mass is 10.2. The minimum absolute atomic E-state index is 0.0561. The SMILES string of the molecule is C[C@@H](C#N)N1CCN(S(=O)(=O)c2ccccc2C(F)(F)F)CC1. The molecule has 0 aliphatic carbocycles. The number of hydrogen-bond acceptors (Lipinski definition) is 4. The largest absolute Gasteiger partial charge is 0.417 e. The number of rotatable bonds is 3. The number of nitriles is 1. The van der Waals surface area contributed by atoms with Crippen molar-refractivity contribution in [1.29, 1.82) is 5.26 Å². The molecule has 0 unspecified atom stereocenters. The minimum atomic E-state index is -4.74. The van der Waals surface area contributed by atoms with E-state index in [0.29, 0.717) is 13.1 Å². The zero-order valence-corrected chi connectivity index (χ0v) is 13.2. The summed E-state index contributed by atoms with van der Waals surface area (Å²) in [6.45, 7) is 2.43. The van der Waals surface area contributed by atoms with Crippen LogP contribution in [0.15, 0.2) is 29.2 Å². The van der Waals surface area contributed by atoms with Crippen LogP contribution in [0.1, 0.15) is 12.5 Å². The van der Waals surface area contributed by atoms with Crippen molar-refractivity contribution in [2.75, 3.05) is 26.2 Å². The van der Waals surface area contributed by atoms with Crippen LogP contribution >= 0.6 is 0 Å². The molecule has 1 fully saturated rings. The Labute approximate surface area is 133 Å². The summed E-state index contributed by atoms with van der Waals surface area (Å²) in [5, 5.41) is 8.87. The Morgan fingerprint density at radius 2 is 1.74 bits per heavy atom. The summed E-state index contributed by atoms with van der Waals surface area (Å²) in [7, 11) is -4.23. The molecule has 0 saturated carbocycles. The molecule has 0 radical (unpaired) electrons. The number of halogens is 3. The van der Waals surface area contributed by atoms with E-state index in [4.69, 9.17) is 5.26 Å². The Morgan fingerprint density at radius 1 is 1.17 bits per heavy atom. The van der Waals surface area contributed by atoms with Crippen molar-refractivity contribution in [2.45, 2.75) is 24.0 Å². The monoisotopic (exact) mass is 347 g/mol. The normalized spacial score (nSPS) is 19.3. The molecule has 126 valence electrons. The molecule has 2 rings (SSSR count). The Kier molecular flexibility index (Phi) is 4.98. The summed E-state index contributed by atoms with van der Waals surface area (Å²) in [4.78, 5) is 1.07. The van der Waals surface area contributed by atoms with Crippen LogP contribution in [0.3, 0.4) is 0 Å². The maximum atomic E-state index is 13.0. The molecule has 0 spiro atoms. The number of sulfonamides is 1. The molecule has 1 heterocycles. The van der Waals surface area contributed by atoms with E-state index in [2.05, 4.69) is 6.07 Å². The number of piperazine rings is 1. The summed E-state index contributed by atoms with van der Waals surface area (Å²) in [6, 6.07) is 5.87. The molecule has 0 aromatic heterocycles. The molecular formula is C14H16F3N3O2S. The van der Waals surface area contributed by atoms with Gasteiger partial charge in [0.2, 0.25) is 10.0 Å². The van der Waals surface area contributed by atoms with E-state index in [1.165, 1.54) is 6.07 Å². The highest BCUT2D eigenvalue weighted by atomic mass is 32.2. The van der Waals surface area contributed by atoms with Gasteiger partial charge in [-0.3, -0.25) is 4.90 Å². The van der Waals surface area contributed by atoms with Gasteiger partial charge >= 0.3 is 6.18 Å². The summed E-state index contributed by atoms with van der Waals surface area (Å²) < 4.78 is 65.2. The smallest absolute Gasteiger partial charge is 0.286 e. The molecule has 1 aliphatic heterocycles. The van der Waals surface area contributed by atoms with Gasteiger partial charge in [0.05, 0.1) is 22.6 Å². The van der Waals surface area contributed by atoms with Crippen LogP contribution in [-0.2, 0) is 16.2 Å². The number of nitrogens with zero attached hydrogens (tertiary/aromatic N) is 3. The van der Waals surface area contributed by atoms with Gasteiger partial charge in [0, 0.05) is 26.2 Å². The molecule has 23 heavy (non-hydrogen) atoms. The van der Waals surface area contributed by atoms with Crippen LogP contribution < -0.4 is 0 Å². The second kappa shape index (κ2) is 6.47. The van der Waals surface area contributed by atoms with Crippen molar-refractivity contribution in [3.8, 4) is 6.07 Å². The van der Waals surface area contributed by atoms with Gasteiger partial charge in [0.1, 0.15) is 0 Å². The first-order valence-electron chi connectivity index (χ1n) is 6.98. The predicted molar refractivity (Wildman–Crippen MR) is 76.9 cm³/mol. The fourth-order valence-corrected chi connectivity index (χ4v) is 4.11. The molecule has 1 aliphatic rings. The standard InChI is InChI=1S/C14H16F3N3O2S/c1-11(10-18)19-6-8-20(9-7-19)23(21,22)13-5-3-2-4-12(13)14(15,16)17/h2-5,11H,6-9H2,1H3/t11-/m0/s1. The lowest BCUT2D eigenvalue weighted by Gasteiger charge is -2.35. The molecule has 0 bridgehead atoms. The van der Waals surface area contributed by atoms with Gasteiger partial charge < -0.3 is 0 Å². The first-order valence-corrected chi connectivity index (χ1v) is 8.42. The number of benzene rings is 1. The van der Waals surface area contributed by atoms with Gasteiger partial charge in [-0.1, -0.05) is 12.1 Å². The van der Waals surface area contributed by atoms with Crippen molar-refractivity contribution in [3.63, 3.8) is 0 Å². The van der Waals surface area contributed by atoms with Crippen molar-refractivity contribution in [2.24, 2.45) is 0 Å². The number of hydrogen-bond donors (Lipinski definition) is 0. The highest BCUT2D eigenvalue weighted by Gasteiger charge is 2.39. The third-order valence-electron chi connectivity index (χ3n) is 3.82. The zero-order valence-electron chi connectivity index (χ0n) is 12.4. The summed E-state index contributed by atoms with van der Waals surface area (Å²) >= 11 is 0. The van der Waals surface area contributed by atoms with Crippen molar-refractivity contribution in [1.82, 2.24) is 9.21 Å². The van der Waals surface area contributed by atoms with Gasteiger partial charge in [0.15, 0.2) is 0 Å². The van der Waals surface area contributed by atoms with Crippen LogP contribution in [0.25, 0.3) is 0 Å². The van der Waals surface area contributed by atoms with Gasteiger partial charge in [-0.2, -0.15) is 22.7 Å². The van der Waals surface area contributed by atoms with E-state index in [9.17, 15) is 21.6 Å². The fourth-order valence-electron chi connectivity index (χ4n) is 2.48. The average Bonchev–Trinajstić information content (AvgIpc) is 2.53. The molecule has 1 aromatic rings. The van der Waals surface area contributed by atoms with E-state index < -0.39 is 26.7 Å². The molecule has 1 aromatic carbocycles. The second-order valence-electron chi connectivity index (χ2n) is 5.24. The highest BCUT2D eigenvalue weighted by molar-refractivity contribution is 7.89. The third kappa shape index (κ3) is 3.65. The average molecular weight is 347 g/mol. The van der Waals surface area contributed by atoms with E-state index in [-0.39, 0.29) is 19.1 Å². The Hall–Kier alpha value is -1.63. The summed E-state index contributed by atoms with van der Waals surface area (Å²) in [6.07, 6.45) is -4.74. The van der Waals surface area contributed by atoms with Gasteiger partial charge in [0.25, 0.3) is 0 Å².